The summed E-state index contributed by atoms with van der Waals surface area (Å²) in [5, 5.41) is 0.826. The maximum Gasteiger partial charge on any atom is 0.261 e. The van der Waals surface area contributed by atoms with E-state index in [0.717, 1.165) is 4.57 Å². The lowest BCUT2D eigenvalue weighted by Crippen LogP contribution is -2.35. The number of benzene rings is 3. The molecule has 0 saturated carbocycles. The Morgan fingerprint density at radius 3 is 1.33 bits per heavy atom. The summed E-state index contributed by atoms with van der Waals surface area (Å²) in [6.07, 6.45) is 0. The summed E-state index contributed by atoms with van der Waals surface area (Å²) in [5.74, 6) is -1.70. The minimum absolute atomic E-state index is 0.125. The summed E-state index contributed by atoms with van der Waals surface area (Å²) in [5.41, 5.74) is -0.191. The molecule has 278 valence electrons. The van der Waals surface area contributed by atoms with Gasteiger partial charge in [0.15, 0.2) is 5.78 Å². The molecule has 0 radical (unpaired) electrons. The molecule has 4 amide bonds. The van der Waals surface area contributed by atoms with E-state index in [-0.39, 0.29) is 90.7 Å². The first-order valence-electron chi connectivity index (χ1n) is 17.8. The molecule has 0 N–H and O–H groups in total. The third-order valence-electron chi connectivity index (χ3n) is 9.55. The minimum Gasteiger partial charge on any atom is -0.289 e. The number of aromatic nitrogens is 2. The topological polar surface area (TPSA) is 170 Å². The van der Waals surface area contributed by atoms with Crippen LogP contribution in [0.25, 0.3) is 21.5 Å². The average Bonchev–Trinajstić information content (AvgIpc) is 3.70. The molecule has 0 saturated heterocycles. The van der Waals surface area contributed by atoms with Crippen LogP contribution in [0.4, 0.5) is 0 Å². The third-order valence-corrected chi connectivity index (χ3v) is 9.55. The molecule has 5 aromatic rings. The smallest absolute Gasteiger partial charge is 0.261 e. The molecule has 0 fully saturated rings. The quantitative estimate of drug-likeness (QED) is 0.167. The van der Waals surface area contributed by atoms with Crippen molar-refractivity contribution < 1.29 is 24.0 Å². The van der Waals surface area contributed by atoms with E-state index in [2.05, 4.69) is 0 Å². The molecule has 0 bridgehead atoms. The van der Waals surface area contributed by atoms with Crippen LogP contribution in [0.2, 0.25) is 0 Å². The van der Waals surface area contributed by atoms with Crippen LogP contribution < -0.4 is 22.2 Å². The predicted molar refractivity (Wildman–Crippen MR) is 202 cm³/mol. The van der Waals surface area contributed by atoms with E-state index in [4.69, 9.17) is 0 Å². The standard InChI is InChI=1S/C24H22N2O5.C17H18N2O4/c1-12(2)11-25-21(28)16-7-5-14(9-18(16)22(25)29)20(27)15-6-8-17-19(10-15)24(31)26(13(3)4)23(17)30;1-8(2)7-18-14(20)10-5-12-13(6-11(10)15(18)21)17(23)19(9(3)4)16(12)22/h5-10,12-13H,11H2,1-4H3;5-6,8-9H,7H2,1-4H3. The number of ketones is 1. The molecule has 0 aliphatic carbocycles. The van der Waals surface area contributed by atoms with Gasteiger partial charge in [0.05, 0.1) is 43.8 Å². The van der Waals surface area contributed by atoms with Crippen molar-refractivity contribution in [3.63, 3.8) is 0 Å². The Kier molecular flexibility index (Phi) is 9.55. The highest BCUT2D eigenvalue weighted by molar-refractivity contribution is 6.24. The molecule has 2 aliphatic rings. The van der Waals surface area contributed by atoms with E-state index >= 15 is 0 Å². The predicted octanol–water partition coefficient (Wildman–Crippen LogP) is 4.32. The highest BCUT2D eigenvalue weighted by atomic mass is 16.2. The Balaban J connectivity index is 0.000000193. The first-order valence-corrected chi connectivity index (χ1v) is 17.8. The molecular weight excluding hydrogens is 692 g/mol. The summed E-state index contributed by atoms with van der Waals surface area (Å²) in [6, 6.07) is 11.1. The molecule has 54 heavy (non-hydrogen) atoms. The van der Waals surface area contributed by atoms with Crippen LogP contribution in [0.1, 0.15) is 119 Å². The van der Waals surface area contributed by atoms with Crippen molar-refractivity contribution >= 4 is 51.0 Å². The lowest BCUT2D eigenvalue weighted by atomic mass is 9.96. The zero-order chi connectivity index (χ0) is 39.7. The number of fused-ring (bicyclic) bond motifs is 4. The number of nitrogens with zero attached hydrogens (tertiary/aromatic N) is 4. The van der Waals surface area contributed by atoms with Gasteiger partial charge >= 0.3 is 0 Å². The number of carbonyl (C=O) groups excluding carboxylic acids is 5. The maximum absolute atomic E-state index is 13.1. The van der Waals surface area contributed by atoms with E-state index in [9.17, 15) is 43.2 Å². The Morgan fingerprint density at radius 2 is 0.889 bits per heavy atom. The molecule has 0 atom stereocenters. The van der Waals surface area contributed by atoms with Gasteiger partial charge in [-0.25, -0.2) is 0 Å². The summed E-state index contributed by atoms with van der Waals surface area (Å²) < 4.78 is 2.33. The number of amides is 4. The fourth-order valence-electron chi connectivity index (χ4n) is 7.04. The molecule has 0 spiro atoms. The lowest BCUT2D eigenvalue weighted by molar-refractivity contribution is 0.0602. The van der Waals surface area contributed by atoms with Crippen LogP contribution in [0, 0.1) is 11.8 Å². The number of hydrogen-bond donors (Lipinski definition) is 0. The van der Waals surface area contributed by atoms with Gasteiger partial charge in [-0.1, -0.05) is 39.8 Å². The van der Waals surface area contributed by atoms with Gasteiger partial charge in [-0.05, 0) is 75.9 Å². The maximum atomic E-state index is 13.1. The van der Waals surface area contributed by atoms with E-state index in [1.165, 1.54) is 62.9 Å². The van der Waals surface area contributed by atoms with Gasteiger partial charge < -0.3 is 0 Å². The van der Waals surface area contributed by atoms with Crippen LogP contribution >= 0.6 is 0 Å². The van der Waals surface area contributed by atoms with Crippen LogP contribution in [0.5, 0.6) is 0 Å². The SMILES string of the molecule is CC(C)CN1C(=O)c2ccc(C(=O)c3ccc4c(c3)C(=O)N(C(C)C)C4=O)cc2C1=O.CC(C)Cn1c(=O)c2cc3c(=O)n(C(C)C)c(=O)c3cc2c1=O. The van der Waals surface area contributed by atoms with Crippen molar-refractivity contribution in [2.24, 2.45) is 11.8 Å². The van der Waals surface area contributed by atoms with Crippen molar-refractivity contribution in [1.82, 2.24) is 18.9 Å². The number of hydrogen-bond acceptors (Lipinski definition) is 9. The Morgan fingerprint density at radius 1 is 0.481 bits per heavy atom. The normalized spacial score (nSPS) is 14.1. The molecule has 4 heterocycles. The van der Waals surface area contributed by atoms with Gasteiger partial charge in [0.25, 0.3) is 45.9 Å². The molecular formula is C41H40N4O9. The zero-order valence-electron chi connectivity index (χ0n) is 31.3. The number of imide groups is 2. The van der Waals surface area contributed by atoms with E-state index in [1.807, 2.05) is 27.7 Å². The van der Waals surface area contributed by atoms with Crippen LogP contribution in [0.3, 0.4) is 0 Å². The summed E-state index contributed by atoms with van der Waals surface area (Å²) in [7, 11) is 0. The van der Waals surface area contributed by atoms with Gasteiger partial charge in [0, 0.05) is 36.3 Å². The fourth-order valence-corrected chi connectivity index (χ4v) is 7.04. The largest absolute Gasteiger partial charge is 0.289 e. The fraction of sp³-hybridized carbons (Fsp3) is 0.341. The van der Waals surface area contributed by atoms with E-state index in [1.54, 1.807) is 27.7 Å². The monoisotopic (exact) mass is 732 g/mol. The summed E-state index contributed by atoms with van der Waals surface area (Å²) in [4.78, 5) is 115. The second-order valence-corrected chi connectivity index (χ2v) is 15.2. The van der Waals surface area contributed by atoms with Gasteiger partial charge in [-0.15, -0.1) is 0 Å². The van der Waals surface area contributed by atoms with Crippen LogP contribution in [-0.4, -0.2) is 60.9 Å². The second-order valence-electron chi connectivity index (χ2n) is 15.2. The lowest BCUT2D eigenvalue weighted by Gasteiger charge is -2.17. The highest BCUT2D eigenvalue weighted by Gasteiger charge is 2.39. The molecule has 13 heteroatoms. The zero-order valence-corrected chi connectivity index (χ0v) is 31.3. The molecule has 7 rings (SSSR count). The average molecular weight is 733 g/mol. The highest BCUT2D eigenvalue weighted by Crippen LogP contribution is 2.29. The molecule has 3 aromatic carbocycles. The van der Waals surface area contributed by atoms with Gasteiger partial charge in [-0.2, -0.15) is 0 Å². The van der Waals surface area contributed by atoms with Crippen molar-refractivity contribution in [2.75, 3.05) is 6.54 Å². The molecule has 2 aliphatic heterocycles. The van der Waals surface area contributed by atoms with Gasteiger partial charge in [0.1, 0.15) is 0 Å². The van der Waals surface area contributed by atoms with E-state index in [0.29, 0.717) is 13.1 Å². The number of carbonyl (C=O) groups is 5. The molecule has 0 unspecified atom stereocenters. The summed E-state index contributed by atoms with van der Waals surface area (Å²) in [6.45, 7) is 15.3. The number of rotatable bonds is 8. The van der Waals surface area contributed by atoms with E-state index < -0.39 is 39.8 Å². The second kappa shape index (κ2) is 13.7. The Labute approximate surface area is 309 Å². The first kappa shape index (κ1) is 37.6. The minimum atomic E-state index is -0.427. The molecule has 13 nitrogen and oxygen atoms in total. The van der Waals surface area contributed by atoms with Crippen LogP contribution in [0.15, 0.2) is 67.7 Å². The van der Waals surface area contributed by atoms with Crippen LogP contribution in [-0.2, 0) is 6.54 Å². The van der Waals surface area contributed by atoms with Crippen molar-refractivity contribution in [1.29, 1.82) is 0 Å². The van der Waals surface area contributed by atoms with Crippen molar-refractivity contribution in [3.8, 4) is 0 Å². The summed E-state index contributed by atoms with van der Waals surface area (Å²) >= 11 is 0. The third kappa shape index (κ3) is 6.02. The Hall–Kier alpha value is -6.11. The van der Waals surface area contributed by atoms with Crippen molar-refractivity contribution in [2.45, 2.75) is 74.0 Å². The van der Waals surface area contributed by atoms with Gasteiger partial charge in [0.2, 0.25) is 0 Å². The first-order chi connectivity index (χ1) is 25.3. The van der Waals surface area contributed by atoms with Gasteiger partial charge in [-0.3, -0.25) is 62.1 Å². The van der Waals surface area contributed by atoms with Crippen molar-refractivity contribution in [3.05, 3.63) is 123 Å². The molecule has 2 aromatic heterocycles. The Bertz CT molecular complexity index is 2590.